The monoisotopic (exact) mass is 359 g/mol. The summed E-state index contributed by atoms with van der Waals surface area (Å²) in [5.41, 5.74) is 6.11. The van der Waals surface area contributed by atoms with Crippen LogP contribution in [-0.4, -0.2) is 32.7 Å². The summed E-state index contributed by atoms with van der Waals surface area (Å²) in [7, 11) is 3.56. The lowest BCUT2D eigenvalue weighted by molar-refractivity contribution is 0.0984. The molecule has 0 saturated heterocycles. The highest BCUT2D eigenvalue weighted by Gasteiger charge is 2.19. The Bertz CT molecular complexity index is 1140. The summed E-state index contributed by atoms with van der Waals surface area (Å²) in [5.74, 6) is 0.740. The highest BCUT2D eigenvalue weighted by atomic mass is 16.2. The minimum atomic E-state index is -0.112. The van der Waals surface area contributed by atoms with Crippen LogP contribution in [0.3, 0.4) is 0 Å². The fraction of sp³-hybridized carbons (Fsp3) is 0.190. The average molecular weight is 359 g/mol. The molecule has 0 fully saturated rings. The summed E-state index contributed by atoms with van der Waals surface area (Å²) in [6.45, 7) is 3.96. The number of hydrogen-bond donors (Lipinski definition) is 1. The van der Waals surface area contributed by atoms with E-state index in [-0.39, 0.29) is 5.91 Å². The van der Waals surface area contributed by atoms with E-state index in [1.165, 1.54) is 5.56 Å². The summed E-state index contributed by atoms with van der Waals surface area (Å²) < 4.78 is 1.63. The van der Waals surface area contributed by atoms with Gasteiger partial charge >= 0.3 is 0 Å². The van der Waals surface area contributed by atoms with Crippen molar-refractivity contribution >= 4 is 22.6 Å². The molecule has 0 aliphatic carbocycles. The summed E-state index contributed by atoms with van der Waals surface area (Å²) in [6.07, 6.45) is 0. The molecule has 0 saturated carbocycles. The van der Waals surface area contributed by atoms with Crippen LogP contribution >= 0.6 is 0 Å². The molecule has 6 heteroatoms. The minimum absolute atomic E-state index is 0.112. The summed E-state index contributed by atoms with van der Waals surface area (Å²) in [4.78, 5) is 22.3. The van der Waals surface area contributed by atoms with E-state index in [1.807, 2.05) is 62.4 Å². The summed E-state index contributed by atoms with van der Waals surface area (Å²) >= 11 is 0. The summed E-state index contributed by atoms with van der Waals surface area (Å²) in [6, 6.07) is 15.7. The van der Waals surface area contributed by atoms with Crippen molar-refractivity contribution in [3.63, 3.8) is 0 Å². The number of aryl methyl sites for hydroxylation is 3. The lowest BCUT2D eigenvalue weighted by Gasteiger charge is -2.17. The molecule has 0 unspecified atom stereocenters. The number of carbonyl (C=O) groups is 1. The van der Waals surface area contributed by atoms with Gasteiger partial charge in [0.1, 0.15) is 11.5 Å². The van der Waals surface area contributed by atoms with Crippen molar-refractivity contribution in [2.75, 3.05) is 11.9 Å². The van der Waals surface area contributed by atoms with Gasteiger partial charge in [-0.3, -0.25) is 9.48 Å². The lowest BCUT2D eigenvalue weighted by atomic mass is 10.1. The van der Waals surface area contributed by atoms with Crippen LogP contribution in [0, 0.1) is 13.8 Å². The van der Waals surface area contributed by atoms with Crippen molar-refractivity contribution in [1.82, 2.24) is 19.7 Å². The van der Waals surface area contributed by atoms with Gasteiger partial charge in [-0.25, -0.2) is 4.98 Å². The molecule has 2 heterocycles. The Morgan fingerprint density at radius 1 is 1.07 bits per heavy atom. The molecule has 1 amide bonds. The van der Waals surface area contributed by atoms with E-state index < -0.39 is 0 Å². The third-order valence-electron chi connectivity index (χ3n) is 4.72. The fourth-order valence-corrected chi connectivity index (χ4v) is 3.16. The molecular formula is C21H21N5O. The fourth-order valence-electron chi connectivity index (χ4n) is 3.16. The van der Waals surface area contributed by atoms with Crippen LogP contribution in [0.5, 0.6) is 0 Å². The number of amides is 1. The zero-order chi connectivity index (χ0) is 19.1. The topological polar surface area (TPSA) is 66.8 Å². The van der Waals surface area contributed by atoms with Crippen molar-refractivity contribution in [3.05, 3.63) is 65.6 Å². The number of nitrogens with zero attached hydrogens (tertiary/aromatic N) is 4. The van der Waals surface area contributed by atoms with Gasteiger partial charge in [-0.1, -0.05) is 29.8 Å². The van der Waals surface area contributed by atoms with Gasteiger partial charge in [0.15, 0.2) is 0 Å². The number of aromatic amines is 1. The van der Waals surface area contributed by atoms with Crippen LogP contribution < -0.4 is 4.90 Å². The first kappa shape index (κ1) is 17.0. The molecule has 2 aromatic carbocycles. The Morgan fingerprint density at radius 2 is 1.81 bits per heavy atom. The second-order valence-corrected chi connectivity index (χ2v) is 6.79. The number of fused-ring (bicyclic) bond motifs is 1. The van der Waals surface area contributed by atoms with Gasteiger partial charge < -0.3 is 9.88 Å². The number of nitrogens with one attached hydrogen (secondary N) is 1. The predicted octanol–water partition coefficient (Wildman–Crippen LogP) is 3.86. The van der Waals surface area contributed by atoms with Crippen LogP contribution in [-0.2, 0) is 7.05 Å². The van der Waals surface area contributed by atoms with Crippen LogP contribution in [0.1, 0.15) is 21.9 Å². The van der Waals surface area contributed by atoms with E-state index in [1.54, 1.807) is 23.7 Å². The second-order valence-electron chi connectivity index (χ2n) is 6.79. The second kappa shape index (κ2) is 6.39. The normalized spacial score (nSPS) is 11.1. The van der Waals surface area contributed by atoms with Gasteiger partial charge in [-0.15, -0.1) is 0 Å². The minimum Gasteiger partial charge on any atom is -0.342 e. The first-order chi connectivity index (χ1) is 12.9. The SMILES string of the molecule is Cc1ccc(-c2cc(C(=O)N(C)c3ccc4nc(C)[nH]c4c3)n(C)n2)cc1. The first-order valence-electron chi connectivity index (χ1n) is 8.78. The number of hydrogen-bond acceptors (Lipinski definition) is 3. The van der Waals surface area contributed by atoms with Crippen molar-refractivity contribution < 1.29 is 4.79 Å². The Kier molecular flexibility index (Phi) is 4.03. The van der Waals surface area contributed by atoms with Crippen LogP contribution in [0.15, 0.2) is 48.5 Å². The number of aromatic nitrogens is 4. The number of anilines is 1. The van der Waals surface area contributed by atoms with Crippen LogP contribution in [0.25, 0.3) is 22.3 Å². The first-order valence-corrected chi connectivity index (χ1v) is 8.78. The standard InChI is InChI=1S/C21H21N5O/c1-13-5-7-15(8-6-13)18-12-20(26(4)24-18)21(27)25(3)16-9-10-17-19(11-16)23-14(2)22-17/h5-12H,1-4H3,(H,22,23). The third-order valence-corrected chi connectivity index (χ3v) is 4.72. The maximum Gasteiger partial charge on any atom is 0.276 e. The molecule has 0 aliphatic heterocycles. The van der Waals surface area contributed by atoms with E-state index in [0.29, 0.717) is 5.69 Å². The van der Waals surface area contributed by atoms with Gasteiger partial charge in [0, 0.05) is 25.3 Å². The maximum absolute atomic E-state index is 13.0. The average Bonchev–Trinajstić information content (AvgIpc) is 3.22. The van der Waals surface area contributed by atoms with Gasteiger partial charge in [-0.05, 0) is 38.1 Å². The molecule has 0 spiro atoms. The van der Waals surface area contributed by atoms with Crippen molar-refractivity contribution in [2.45, 2.75) is 13.8 Å². The smallest absolute Gasteiger partial charge is 0.276 e. The Morgan fingerprint density at radius 3 is 2.56 bits per heavy atom. The molecule has 27 heavy (non-hydrogen) atoms. The largest absolute Gasteiger partial charge is 0.342 e. The molecule has 1 N–H and O–H groups in total. The Labute approximate surface area is 157 Å². The van der Waals surface area contributed by atoms with Gasteiger partial charge in [0.25, 0.3) is 5.91 Å². The third kappa shape index (κ3) is 3.10. The molecule has 136 valence electrons. The molecule has 2 aromatic heterocycles. The van der Waals surface area contributed by atoms with Crippen molar-refractivity contribution in [3.8, 4) is 11.3 Å². The number of H-pyrrole nitrogens is 1. The zero-order valence-corrected chi connectivity index (χ0v) is 15.8. The van der Waals surface area contributed by atoms with Gasteiger partial charge in [-0.2, -0.15) is 5.10 Å². The quantitative estimate of drug-likeness (QED) is 0.604. The molecule has 4 rings (SSSR count). The molecular weight excluding hydrogens is 338 g/mol. The molecule has 0 aliphatic rings. The van der Waals surface area contributed by atoms with Crippen molar-refractivity contribution in [1.29, 1.82) is 0 Å². The zero-order valence-electron chi connectivity index (χ0n) is 15.8. The van der Waals surface area contributed by atoms with Crippen LogP contribution in [0.4, 0.5) is 5.69 Å². The molecule has 4 aromatic rings. The van der Waals surface area contributed by atoms with Crippen LogP contribution in [0.2, 0.25) is 0 Å². The van der Waals surface area contributed by atoms with Gasteiger partial charge in [0.2, 0.25) is 0 Å². The van der Waals surface area contributed by atoms with Gasteiger partial charge in [0.05, 0.1) is 16.7 Å². The number of imidazole rings is 1. The van der Waals surface area contributed by atoms with Crippen molar-refractivity contribution in [2.24, 2.45) is 7.05 Å². The molecule has 0 radical (unpaired) electrons. The molecule has 0 bridgehead atoms. The maximum atomic E-state index is 13.0. The number of benzene rings is 2. The highest BCUT2D eigenvalue weighted by Crippen LogP contribution is 2.24. The summed E-state index contributed by atoms with van der Waals surface area (Å²) in [5, 5.41) is 4.51. The number of rotatable bonds is 3. The van der Waals surface area contributed by atoms with E-state index in [4.69, 9.17) is 0 Å². The Hall–Kier alpha value is -3.41. The molecule has 6 nitrogen and oxygen atoms in total. The Balaban J connectivity index is 1.65. The van der Waals surface area contributed by atoms with E-state index in [2.05, 4.69) is 15.1 Å². The van der Waals surface area contributed by atoms with E-state index in [9.17, 15) is 4.79 Å². The predicted molar refractivity (Wildman–Crippen MR) is 107 cm³/mol. The van der Waals surface area contributed by atoms with E-state index >= 15 is 0 Å². The molecule has 0 atom stereocenters. The lowest BCUT2D eigenvalue weighted by Crippen LogP contribution is -2.28. The highest BCUT2D eigenvalue weighted by molar-refractivity contribution is 6.05. The number of carbonyl (C=O) groups excluding carboxylic acids is 1. The van der Waals surface area contributed by atoms with E-state index in [0.717, 1.165) is 33.8 Å².